The first kappa shape index (κ1) is 14.1. The van der Waals surface area contributed by atoms with Crippen LogP contribution >= 0.6 is 0 Å². The molecule has 2 heteroatoms. The first-order valence-electron chi connectivity index (χ1n) is 8.26. The zero-order valence-corrected chi connectivity index (χ0v) is 12.9. The normalized spacial score (nSPS) is 27.2. The van der Waals surface area contributed by atoms with E-state index in [1.54, 1.807) is 11.1 Å². The summed E-state index contributed by atoms with van der Waals surface area (Å²) in [6, 6.07) is 9.08. The second-order valence-electron chi connectivity index (χ2n) is 6.89. The topological polar surface area (TPSA) is 24.1 Å². The van der Waals surface area contributed by atoms with Crippen molar-refractivity contribution in [3.63, 3.8) is 0 Å². The highest BCUT2D eigenvalue weighted by atomic mass is 14.9. The second kappa shape index (κ2) is 6.28. The van der Waals surface area contributed by atoms with Crippen molar-refractivity contribution in [3.8, 4) is 0 Å². The van der Waals surface area contributed by atoms with Gasteiger partial charge in [0.15, 0.2) is 0 Å². The molecule has 0 amide bonds. The Hall–Kier alpha value is -0.860. The van der Waals surface area contributed by atoms with Gasteiger partial charge in [-0.05, 0) is 60.7 Å². The molecule has 3 atom stereocenters. The Morgan fingerprint density at radius 1 is 1.15 bits per heavy atom. The van der Waals surface area contributed by atoms with E-state index in [0.717, 1.165) is 43.3 Å². The molecule has 2 N–H and O–H groups in total. The lowest BCUT2D eigenvalue weighted by molar-refractivity contribution is 0.521. The lowest BCUT2D eigenvalue weighted by Gasteiger charge is -2.13. The van der Waals surface area contributed by atoms with Gasteiger partial charge in [-0.1, -0.05) is 38.1 Å². The third-order valence-electron chi connectivity index (χ3n) is 4.90. The fraction of sp³-hybridized carbons (Fsp3) is 0.667. The molecule has 3 rings (SSSR count). The summed E-state index contributed by atoms with van der Waals surface area (Å²) in [6.07, 6.45) is 2.70. The molecule has 0 bridgehead atoms. The number of nitrogens with one attached hydrogen (secondary N) is 2. The summed E-state index contributed by atoms with van der Waals surface area (Å²) in [5.74, 6) is 3.46. The smallest absolute Gasteiger partial charge is 0.00768 e. The maximum atomic E-state index is 3.65. The van der Waals surface area contributed by atoms with Gasteiger partial charge in [0.25, 0.3) is 0 Å². The monoisotopic (exact) mass is 272 g/mol. The molecule has 2 aliphatic rings. The van der Waals surface area contributed by atoms with Crippen molar-refractivity contribution in [2.24, 2.45) is 17.8 Å². The van der Waals surface area contributed by atoms with Crippen LogP contribution in [0.25, 0.3) is 0 Å². The third kappa shape index (κ3) is 3.07. The van der Waals surface area contributed by atoms with E-state index in [4.69, 9.17) is 0 Å². The molecular formula is C18H28N2. The van der Waals surface area contributed by atoms with E-state index in [1.807, 2.05) is 0 Å². The molecule has 0 radical (unpaired) electrons. The van der Waals surface area contributed by atoms with Crippen molar-refractivity contribution in [1.82, 2.24) is 10.6 Å². The summed E-state index contributed by atoms with van der Waals surface area (Å²) in [5, 5.41) is 7.14. The maximum Gasteiger partial charge on any atom is 0.00768 e. The largest absolute Gasteiger partial charge is 0.315 e. The molecule has 2 nitrogen and oxygen atoms in total. The van der Waals surface area contributed by atoms with Crippen molar-refractivity contribution in [2.75, 3.05) is 26.2 Å². The van der Waals surface area contributed by atoms with Gasteiger partial charge < -0.3 is 10.6 Å². The minimum atomic E-state index is 0.748. The maximum absolute atomic E-state index is 3.65. The lowest BCUT2D eigenvalue weighted by atomic mass is 9.92. The minimum Gasteiger partial charge on any atom is -0.315 e. The van der Waals surface area contributed by atoms with Crippen LogP contribution in [0.2, 0.25) is 0 Å². The van der Waals surface area contributed by atoms with E-state index in [9.17, 15) is 0 Å². The van der Waals surface area contributed by atoms with Gasteiger partial charge in [-0.15, -0.1) is 0 Å². The minimum absolute atomic E-state index is 0.748. The van der Waals surface area contributed by atoms with Crippen LogP contribution in [0.5, 0.6) is 0 Å². The Morgan fingerprint density at radius 3 is 2.80 bits per heavy atom. The second-order valence-corrected chi connectivity index (χ2v) is 6.89. The fourth-order valence-corrected chi connectivity index (χ4v) is 3.82. The van der Waals surface area contributed by atoms with E-state index in [2.05, 4.69) is 48.7 Å². The van der Waals surface area contributed by atoms with Gasteiger partial charge in [0.05, 0.1) is 0 Å². The SMILES string of the molecule is CC(C)CNCCNCC1C2CCc3ccccc3C21. The molecule has 0 aromatic heterocycles. The molecule has 1 aromatic carbocycles. The predicted molar refractivity (Wildman–Crippen MR) is 85.1 cm³/mol. The molecule has 1 aromatic rings. The van der Waals surface area contributed by atoms with Crippen molar-refractivity contribution in [3.05, 3.63) is 35.4 Å². The van der Waals surface area contributed by atoms with Crippen LogP contribution in [-0.4, -0.2) is 26.2 Å². The van der Waals surface area contributed by atoms with Crippen LogP contribution < -0.4 is 10.6 Å². The van der Waals surface area contributed by atoms with Crippen LogP contribution in [0, 0.1) is 17.8 Å². The highest BCUT2D eigenvalue weighted by molar-refractivity contribution is 5.39. The number of fused-ring (bicyclic) bond motifs is 3. The number of hydrogen-bond donors (Lipinski definition) is 2. The van der Waals surface area contributed by atoms with E-state index in [-0.39, 0.29) is 0 Å². The quantitative estimate of drug-likeness (QED) is 0.746. The first-order valence-corrected chi connectivity index (χ1v) is 8.26. The van der Waals surface area contributed by atoms with Crippen LogP contribution in [0.4, 0.5) is 0 Å². The molecule has 1 saturated carbocycles. The molecule has 1 fully saturated rings. The number of rotatable bonds is 7. The van der Waals surface area contributed by atoms with Crippen molar-refractivity contribution < 1.29 is 0 Å². The van der Waals surface area contributed by atoms with E-state index in [1.165, 1.54) is 19.4 Å². The summed E-state index contributed by atoms with van der Waals surface area (Å²) in [7, 11) is 0. The summed E-state index contributed by atoms with van der Waals surface area (Å²) in [6.45, 7) is 9.04. The number of hydrogen-bond acceptors (Lipinski definition) is 2. The molecule has 0 saturated heterocycles. The van der Waals surface area contributed by atoms with E-state index in [0.29, 0.717) is 0 Å². The highest BCUT2D eigenvalue weighted by Gasteiger charge is 2.52. The first-order chi connectivity index (χ1) is 9.77. The summed E-state index contributed by atoms with van der Waals surface area (Å²) in [5.41, 5.74) is 3.25. The Labute approximate surface area is 123 Å². The Bertz CT molecular complexity index is 441. The Morgan fingerprint density at radius 2 is 1.95 bits per heavy atom. The molecule has 110 valence electrons. The highest BCUT2D eigenvalue weighted by Crippen LogP contribution is 2.59. The van der Waals surface area contributed by atoms with Gasteiger partial charge >= 0.3 is 0 Å². The van der Waals surface area contributed by atoms with Crippen LogP contribution in [-0.2, 0) is 6.42 Å². The lowest BCUT2D eigenvalue weighted by Crippen LogP contribution is -2.30. The van der Waals surface area contributed by atoms with Crippen LogP contribution in [0.3, 0.4) is 0 Å². The van der Waals surface area contributed by atoms with Gasteiger partial charge in [-0.2, -0.15) is 0 Å². The summed E-state index contributed by atoms with van der Waals surface area (Å²) >= 11 is 0. The van der Waals surface area contributed by atoms with Crippen LogP contribution in [0.15, 0.2) is 24.3 Å². The number of aryl methyl sites for hydroxylation is 1. The van der Waals surface area contributed by atoms with Gasteiger partial charge in [0, 0.05) is 13.1 Å². The third-order valence-corrected chi connectivity index (χ3v) is 4.90. The Balaban J connectivity index is 1.39. The van der Waals surface area contributed by atoms with Gasteiger partial charge in [-0.25, -0.2) is 0 Å². The number of benzene rings is 1. The van der Waals surface area contributed by atoms with E-state index < -0.39 is 0 Å². The molecule has 20 heavy (non-hydrogen) atoms. The molecule has 0 aliphatic heterocycles. The van der Waals surface area contributed by atoms with Gasteiger partial charge in [-0.3, -0.25) is 0 Å². The summed E-state index contributed by atoms with van der Waals surface area (Å²) in [4.78, 5) is 0. The summed E-state index contributed by atoms with van der Waals surface area (Å²) < 4.78 is 0. The van der Waals surface area contributed by atoms with Crippen LogP contribution in [0.1, 0.15) is 37.3 Å². The van der Waals surface area contributed by atoms with E-state index >= 15 is 0 Å². The molecule has 2 aliphatic carbocycles. The predicted octanol–water partition coefficient (Wildman–Crippen LogP) is 2.80. The van der Waals surface area contributed by atoms with Crippen molar-refractivity contribution in [2.45, 2.75) is 32.6 Å². The zero-order valence-electron chi connectivity index (χ0n) is 12.9. The average Bonchev–Trinajstić information content (AvgIpc) is 3.16. The molecular weight excluding hydrogens is 244 g/mol. The molecule has 0 heterocycles. The molecule has 3 unspecified atom stereocenters. The zero-order chi connectivity index (χ0) is 13.9. The van der Waals surface area contributed by atoms with Crippen molar-refractivity contribution >= 4 is 0 Å². The van der Waals surface area contributed by atoms with Crippen molar-refractivity contribution in [1.29, 1.82) is 0 Å². The van der Waals surface area contributed by atoms with Gasteiger partial charge in [0.2, 0.25) is 0 Å². The van der Waals surface area contributed by atoms with Gasteiger partial charge in [0.1, 0.15) is 0 Å². The Kier molecular flexibility index (Phi) is 4.42. The average molecular weight is 272 g/mol. The fourth-order valence-electron chi connectivity index (χ4n) is 3.82. The molecule has 0 spiro atoms. The standard InChI is InChI=1S/C18H28N2/c1-13(2)11-19-9-10-20-12-17-16-8-7-14-5-3-4-6-15(14)18(16)17/h3-6,13,16-20H,7-12H2,1-2H3.